The summed E-state index contributed by atoms with van der Waals surface area (Å²) in [5.74, 6) is -4.95. The molecule has 0 aliphatic heterocycles. The van der Waals surface area contributed by atoms with Crippen LogP contribution in [0.25, 0.3) is 0 Å². The molecule has 0 spiro atoms. The number of phenols is 1. The van der Waals surface area contributed by atoms with E-state index in [0.717, 1.165) is 0 Å². The lowest BCUT2D eigenvalue weighted by Gasteiger charge is -2.26. The van der Waals surface area contributed by atoms with Crippen LogP contribution in [0.3, 0.4) is 0 Å². The van der Waals surface area contributed by atoms with Gasteiger partial charge in [-0.2, -0.15) is 0 Å². The largest absolute Gasteiger partial charge is 0.508 e. The molecule has 4 unspecified atom stereocenters. The van der Waals surface area contributed by atoms with Gasteiger partial charge in [0.05, 0.1) is 6.04 Å². The number of aliphatic carboxylic acids is 2. The number of hydrogen-bond donors (Lipinski definition) is 7. The molecule has 4 atom stereocenters. The van der Waals surface area contributed by atoms with Crippen molar-refractivity contribution in [1.29, 1.82) is 0 Å². The molecule has 216 valence electrons. The van der Waals surface area contributed by atoms with Gasteiger partial charge in [-0.05, 0) is 35.6 Å². The fourth-order valence-corrected chi connectivity index (χ4v) is 3.78. The van der Waals surface area contributed by atoms with Crippen LogP contribution in [-0.2, 0) is 36.8 Å². The highest BCUT2D eigenvalue weighted by atomic mass is 16.4. The average molecular weight is 557 g/mol. The second-order valence-electron chi connectivity index (χ2n) is 9.78. The Bertz CT molecular complexity index is 1170. The van der Waals surface area contributed by atoms with E-state index in [0.29, 0.717) is 11.1 Å². The minimum absolute atomic E-state index is 0.00489. The van der Waals surface area contributed by atoms with Crippen molar-refractivity contribution in [3.63, 3.8) is 0 Å². The number of carbonyl (C=O) groups excluding carboxylic acids is 3. The van der Waals surface area contributed by atoms with Crippen molar-refractivity contribution < 1.29 is 39.3 Å². The lowest BCUT2D eigenvalue weighted by molar-refractivity contribution is -0.143. The Morgan fingerprint density at radius 2 is 1.20 bits per heavy atom. The number of amides is 3. The van der Waals surface area contributed by atoms with Crippen molar-refractivity contribution >= 4 is 29.7 Å². The van der Waals surface area contributed by atoms with Gasteiger partial charge < -0.3 is 37.0 Å². The number of carboxylic acids is 2. The van der Waals surface area contributed by atoms with Crippen LogP contribution in [0, 0.1) is 5.92 Å². The van der Waals surface area contributed by atoms with Crippen LogP contribution >= 0.6 is 0 Å². The van der Waals surface area contributed by atoms with Crippen LogP contribution in [0.5, 0.6) is 5.75 Å². The molecule has 2 rings (SSSR count). The zero-order valence-electron chi connectivity index (χ0n) is 22.4. The molecule has 3 amide bonds. The molecule has 0 bridgehead atoms. The molecule has 0 saturated heterocycles. The highest BCUT2D eigenvalue weighted by Crippen LogP contribution is 2.13. The Labute approximate surface area is 232 Å². The predicted octanol–water partition coefficient (Wildman–Crippen LogP) is 0.565. The van der Waals surface area contributed by atoms with Gasteiger partial charge in [0, 0.05) is 19.3 Å². The Morgan fingerprint density at radius 3 is 1.68 bits per heavy atom. The number of nitrogens with two attached hydrogens (primary N) is 1. The maximum absolute atomic E-state index is 13.5. The third-order valence-corrected chi connectivity index (χ3v) is 6.21. The summed E-state index contributed by atoms with van der Waals surface area (Å²) < 4.78 is 0. The first-order valence-corrected chi connectivity index (χ1v) is 12.8. The summed E-state index contributed by atoms with van der Waals surface area (Å²) in [4.78, 5) is 62.0. The summed E-state index contributed by atoms with van der Waals surface area (Å²) in [5, 5.41) is 35.6. The normalized spacial score (nSPS) is 13.9. The van der Waals surface area contributed by atoms with Crippen LogP contribution in [0.1, 0.15) is 37.8 Å². The Morgan fingerprint density at radius 1 is 0.725 bits per heavy atom. The van der Waals surface area contributed by atoms with Gasteiger partial charge in [-0.15, -0.1) is 0 Å². The number of phenolic OH excluding ortho intramolecular Hbond substituents is 1. The molecule has 0 aliphatic rings. The number of carbonyl (C=O) groups is 5. The number of nitrogens with one attached hydrogen (secondary N) is 3. The zero-order valence-corrected chi connectivity index (χ0v) is 22.4. The standard InChI is InChI=1S/C28H36N4O8/c1-16(2)24(29)27(38)32-22(15-18-8-10-19(33)11-9-18)26(37)31-21(14-17-6-4-3-5-7-17)25(36)30-20(28(39)40)12-13-23(34)35/h3-11,16,20-22,24,33H,12-15,29H2,1-2H3,(H,30,36)(H,31,37)(H,32,38)(H,34,35)(H,39,40). The van der Waals surface area contributed by atoms with E-state index in [1.165, 1.54) is 12.1 Å². The molecule has 12 nitrogen and oxygen atoms in total. The minimum atomic E-state index is -1.49. The lowest BCUT2D eigenvalue weighted by Crippen LogP contribution is -2.58. The molecule has 0 radical (unpaired) electrons. The van der Waals surface area contributed by atoms with Crippen molar-refractivity contribution in [3.05, 3.63) is 65.7 Å². The monoisotopic (exact) mass is 556 g/mol. The first-order valence-electron chi connectivity index (χ1n) is 12.8. The summed E-state index contributed by atoms with van der Waals surface area (Å²) >= 11 is 0. The third-order valence-electron chi connectivity index (χ3n) is 6.21. The molecule has 0 aromatic heterocycles. The average Bonchev–Trinajstić information content (AvgIpc) is 2.90. The van der Waals surface area contributed by atoms with Gasteiger partial charge in [0.15, 0.2) is 0 Å². The van der Waals surface area contributed by atoms with Crippen LogP contribution < -0.4 is 21.7 Å². The van der Waals surface area contributed by atoms with E-state index in [1.54, 1.807) is 56.3 Å². The highest BCUT2D eigenvalue weighted by Gasteiger charge is 2.31. The molecule has 2 aromatic carbocycles. The number of rotatable bonds is 15. The van der Waals surface area contributed by atoms with Crippen LogP contribution in [0.4, 0.5) is 0 Å². The second-order valence-corrected chi connectivity index (χ2v) is 9.78. The Hall–Kier alpha value is -4.45. The molecule has 0 saturated carbocycles. The number of aromatic hydroxyl groups is 1. The molecule has 2 aromatic rings. The second kappa shape index (κ2) is 15.2. The lowest BCUT2D eigenvalue weighted by atomic mass is 10.0. The van der Waals surface area contributed by atoms with E-state index in [2.05, 4.69) is 16.0 Å². The fourth-order valence-electron chi connectivity index (χ4n) is 3.78. The molecule has 0 fully saturated rings. The minimum Gasteiger partial charge on any atom is -0.508 e. The Balaban J connectivity index is 2.32. The molecule has 12 heteroatoms. The maximum atomic E-state index is 13.5. The SMILES string of the molecule is CC(C)C(N)C(=O)NC(Cc1ccc(O)cc1)C(=O)NC(Cc1ccccc1)C(=O)NC(CCC(=O)O)C(=O)O. The van der Waals surface area contributed by atoms with E-state index in [4.69, 9.17) is 10.8 Å². The molecule has 8 N–H and O–H groups in total. The van der Waals surface area contributed by atoms with E-state index in [1.807, 2.05) is 0 Å². The summed E-state index contributed by atoms with van der Waals surface area (Å²) in [6.45, 7) is 3.51. The maximum Gasteiger partial charge on any atom is 0.326 e. The molecule has 40 heavy (non-hydrogen) atoms. The summed E-state index contributed by atoms with van der Waals surface area (Å²) in [6, 6.07) is 9.92. The summed E-state index contributed by atoms with van der Waals surface area (Å²) in [6.07, 6.45) is -0.827. The van der Waals surface area contributed by atoms with Crippen molar-refractivity contribution in [2.75, 3.05) is 0 Å². The number of benzene rings is 2. The van der Waals surface area contributed by atoms with Gasteiger partial charge in [0.2, 0.25) is 17.7 Å². The van der Waals surface area contributed by atoms with E-state index in [-0.39, 0.29) is 30.9 Å². The van der Waals surface area contributed by atoms with Gasteiger partial charge >= 0.3 is 11.9 Å². The van der Waals surface area contributed by atoms with Gasteiger partial charge in [-0.1, -0.05) is 56.3 Å². The molecule has 0 heterocycles. The first-order chi connectivity index (χ1) is 18.9. The number of carboxylic acid groups (broad SMARTS) is 2. The third kappa shape index (κ3) is 10.4. The van der Waals surface area contributed by atoms with Gasteiger partial charge in [-0.3, -0.25) is 19.2 Å². The van der Waals surface area contributed by atoms with E-state index in [9.17, 15) is 34.2 Å². The summed E-state index contributed by atoms with van der Waals surface area (Å²) in [5.41, 5.74) is 7.25. The zero-order chi connectivity index (χ0) is 29.8. The van der Waals surface area contributed by atoms with Gasteiger partial charge in [0.25, 0.3) is 0 Å². The van der Waals surface area contributed by atoms with Crippen molar-refractivity contribution in [1.82, 2.24) is 16.0 Å². The van der Waals surface area contributed by atoms with Crippen molar-refractivity contribution in [2.45, 2.75) is 63.7 Å². The van der Waals surface area contributed by atoms with Crippen LogP contribution in [-0.4, -0.2) is 69.1 Å². The molecule has 0 aliphatic carbocycles. The van der Waals surface area contributed by atoms with E-state index < -0.39 is 60.2 Å². The highest BCUT2D eigenvalue weighted by molar-refractivity contribution is 5.94. The van der Waals surface area contributed by atoms with E-state index >= 15 is 0 Å². The van der Waals surface area contributed by atoms with Crippen LogP contribution in [0.15, 0.2) is 54.6 Å². The Kier molecular flexibility index (Phi) is 12.1. The van der Waals surface area contributed by atoms with Gasteiger partial charge in [-0.25, -0.2) is 4.79 Å². The van der Waals surface area contributed by atoms with Crippen LogP contribution in [0.2, 0.25) is 0 Å². The fraction of sp³-hybridized carbons (Fsp3) is 0.393. The topological polar surface area (TPSA) is 208 Å². The summed E-state index contributed by atoms with van der Waals surface area (Å²) in [7, 11) is 0. The molecular formula is C28H36N4O8. The smallest absolute Gasteiger partial charge is 0.326 e. The van der Waals surface area contributed by atoms with Crippen molar-refractivity contribution in [2.24, 2.45) is 11.7 Å². The molecular weight excluding hydrogens is 520 g/mol. The number of hydrogen-bond acceptors (Lipinski definition) is 7. The predicted molar refractivity (Wildman–Crippen MR) is 145 cm³/mol. The van der Waals surface area contributed by atoms with Crippen molar-refractivity contribution in [3.8, 4) is 5.75 Å². The quantitative estimate of drug-likeness (QED) is 0.163. The van der Waals surface area contributed by atoms with Gasteiger partial charge in [0.1, 0.15) is 23.9 Å². The first kappa shape index (κ1) is 31.8.